The summed E-state index contributed by atoms with van der Waals surface area (Å²) in [6.07, 6.45) is 2.75. The van der Waals surface area contributed by atoms with Crippen molar-refractivity contribution in [3.8, 4) is 16.9 Å². The first-order valence-electron chi connectivity index (χ1n) is 8.54. The summed E-state index contributed by atoms with van der Waals surface area (Å²) in [4.78, 5) is 27.5. The van der Waals surface area contributed by atoms with Crippen LogP contribution in [0.15, 0.2) is 47.0 Å². The summed E-state index contributed by atoms with van der Waals surface area (Å²) < 4.78 is 10.6. The molecular weight excluding hydrogens is 344 g/mol. The Bertz CT molecular complexity index is 943. The van der Waals surface area contributed by atoms with Crippen molar-refractivity contribution in [3.05, 3.63) is 53.1 Å². The summed E-state index contributed by atoms with van der Waals surface area (Å²) in [7, 11) is 1.58. The molecule has 0 saturated heterocycles. The van der Waals surface area contributed by atoms with Crippen molar-refractivity contribution in [1.82, 2.24) is 0 Å². The zero-order valence-corrected chi connectivity index (χ0v) is 15.2. The van der Waals surface area contributed by atoms with E-state index in [9.17, 15) is 9.59 Å². The molecule has 0 radical (unpaired) electrons. The fourth-order valence-electron chi connectivity index (χ4n) is 2.92. The van der Waals surface area contributed by atoms with E-state index < -0.39 is 5.97 Å². The Morgan fingerprint density at radius 1 is 1.26 bits per heavy atom. The number of aliphatic imine (C=N–C) groups is 1. The zero-order chi connectivity index (χ0) is 19.4. The number of hydrogen-bond acceptors (Lipinski definition) is 6. The highest BCUT2D eigenvalue weighted by molar-refractivity contribution is 6.03. The summed E-state index contributed by atoms with van der Waals surface area (Å²) in [6.45, 7) is 2.05. The molecule has 27 heavy (non-hydrogen) atoms. The van der Waals surface area contributed by atoms with Crippen molar-refractivity contribution in [1.29, 1.82) is 0 Å². The number of carbonyl (C=O) groups is 2. The number of nitrogens with two attached hydrogens (primary N) is 1. The van der Waals surface area contributed by atoms with Gasteiger partial charge < -0.3 is 15.2 Å². The maximum absolute atomic E-state index is 12.1. The Labute approximate surface area is 157 Å². The van der Waals surface area contributed by atoms with Crippen molar-refractivity contribution in [2.24, 2.45) is 10.7 Å². The number of benzene rings is 2. The molecule has 138 valence electrons. The number of rotatable bonds is 5. The van der Waals surface area contributed by atoms with Crippen molar-refractivity contribution < 1.29 is 19.1 Å². The average molecular weight is 364 g/mol. The van der Waals surface area contributed by atoms with Crippen molar-refractivity contribution >= 4 is 29.9 Å². The quantitative estimate of drug-likeness (QED) is 0.647. The maximum atomic E-state index is 12.1. The normalized spacial score (nSPS) is 13.0. The third-order valence-electron chi connectivity index (χ3n) is 4.21. The molecule has 0 amide bonds. The lowest BCUT2D eigenvalue weighted by Crippen LogP contribution is -2.16. The highest BCUT2D eigenvalue weighted by atomic mass is 16.5. The van der Waals surface area contributed by atoms with Gasteiger partial charge in [0.15, 0.2) is 0 Å². The Kier molecular flexibility index (Phi) is 5.35. The van der Waals surface area contributed by atoms with Gasteiger partial charge in [-0.25, -0.2) is 9.79 Å². The first kappa shape index (κ1) is 18.4. The Morgan fingerprint density at radius 3 is 2.63 bits per heavy atom. The van der Waals surface area contributed by atoms with E-state index in [0.717, 1.165) is 23.0 Å². The number of esters is 1. The Hall–Kier alpha value is -3.41. The smallest absolute Gasteiger partial charge is 0.334 e. The zero-order valence-electron chi connectivity index (χ0n) is 15.2. The monoisotopic (exact) mass is 364 g/mol. The third kappa shape index (κ3) is 3.89. The molecule has 6 heteroatoms. The molecule has 1 aliphatic heterocycles. The molecule has 0 spiro atoms. The number of hydrogen-bond donors (Lipinski definition) is 1. The second kappa shape index (κ2) is 7.86. The SMILES string of the molecule is CCOC(=O)C1=Cc2cc(OC)c(-c3ccc(C=O)cc3)cc2N=C(N)C1. The van der Waals surface area contributed by atoms with Crippen molar-refractivity contribution in [3.63, 3.8) is 0 Å². The van der Waals surface area contributed by atoms with Gasteiger partial charge in [0.1, 0.15) is 17.9 Å². The predicted molar refractivity (Wildman–Crippen MR) is 104 cm³/mol. The van der Waals surface area contributed by atoms with Crippen LogP contribution in [-0.2, 0) is 9.53 Å². The van der Waals surface area contributed by atoms with Crippen LogP contribution in [0, 0.1) is 0 Å². The van der Waals surface area contributed by atoms with Gasteiger partial charge in [0, 0.05) is 28.7 Å². The molecule has 0 fully saturated rings. The summed E-state index contributed by atoms with van der Waals surface area (Å²) in [6, 6.07) is 10.9. The minimum atomic E-state index is -0.406. The summed E-state index contributed by atoms with van der Waals surface area (Å²) in [5, 5.41) is 0. The maximum Gasteiger partial charge on any atom is 0.334 e. The molecular formula is C21H20N2O4. The largest absolute Gasteiger partial charge is 0.496 e. The van der Waals surface area contributed by atoms with Gasteiger partial charge in [-0.2, -0.15) is 0 Å². The van der Waals surface area contributed by atoms with Crippen LogP contribution < -0.4 is 10.5 Å². The van der Waals surface area contributed by atoms with E-state index in [-0.39, 0.29) is 6.42 Å². The molecule has 0 aromatic heterocycles. The van der Waals surface area contributed by atoms with Gasteiger partial charge >= 0.3 is 5.97 Å². The Balaban J connectivity index is 2.12. The highest BCUT2D eigenvalue weighted by Crippen LogP contribution is 2.38. The summed E-state index contributed by atoms with van der Waals surface area (Å²) in [5.41, 5.74) is 10.1. The van der Waals surface area contributed by atoms with Crippen LogP contribution in [0.1, 0.15) is 29.3 Å². The molecule has 0 atom stereocenters. The van der Waals surface area contributed by atoms with E-state index in [1.807, 2.05) is 24.3 Å². The molecule has 6 nitrogen and oxygen atoms in total. The number of amidine groups is 1. The van der Waals surface area contributed by atoms with Crippen molar-refractivity contribution in [2.45, 2.75) is 13.3 Å². The van der Waals surface area contributed by atoms with E-state index in [2.05, 4.69) is 4.99 Å². The number of fused-ring (bicyclic) bond motifs is 1. The van der Waals surface area contributed by atoms with Gasteiger partial charge in [-0.1, -0.05) is 24.3 Å². The fourth-order valence-corrected chi connectivity index (χ4v) is 2.92. The number of methoxy groups -OCH3 is 1. The Morgan fingerprint density at radius 2 is 2.00 bits per heavy atom. The molecule has 0 bridgehead atoms. The van der Waals surface area contributed by atoms with Gasteiger partial charge in [-0.15, -0.1) is 0 Å². The molecule has 1 aliphatic rings. The van der Waals surface area contributed by atoms with Crippen LogP contribution in [0.25, 0.3) is 17.2 Å². The van der Waals surface area contributed by atoms with Crippen molar-refractivity contribution in [2.75, 3.05) is 13.7 Å². The number of ether oxygens (including phenoxy) is 2. The lowest BCUT2D eigenvalue weighted by Gasteiger charge is -2.12. The van der Waals surface area contributed by atoms with Gasteiger partial charge in [0.2, 0.25) is 0 Å². The van der Waals surface area contributed by atoms with E-state index in [1.165, 1.54) is 0 Å². The first-order chi connectivity index (χ1) is 13.0. The fraction of sp³-hybridized carbons (Fsp3) is 0.190. The van der Waals surface area contributed by atoms with Crippen LogP contribution >= 0.6 is 0 Å². The van der Waals surface area contributed by atoms with Crippen LogP contribution in [0.2, 0.25) is 0 Å². The molecule has 1 heterocycles. The highest BCUT2D eigenvalue weighted by Gasteiger charge is 2.19. The minimum absolute atomic E-state index is 0.221. The lowest BCUT2D eigenvalue weighted by atomic mass is 9.99. The first-order valence-corrected chi connectivity index (χ1v) is 8.54. The lowest BCUT2D eigenvalue weighted by molar-refractivity contribution is -0.138. The molecule has 0 saturated carbocycles. The van der Waals surface area contributed by atoms with Gasteiger partial charge in [-0.3, -0.25) is 4.79 Å². The van der Waals surface area contributed by atoms with Crippen LogP contribution in [0.5, 0.6) is 5.75 Å². The third-order valence-corrected chi connectivity index (χ3v) is 4.21. The topological polar surface area (TPSA) is 91.0 Å². The average Bonchev–Trinajstić information content (AvgIpc) is 2.84. The van der Waals surface area contributed by atoms with Gasteiger partial charge in [0.05, 0.1) is 19.4 Å². The summed E-state index contributed by atoms with van der Waals surface area (Å²) >= 11 is 0. The number of nitrogens with zero attached hydrogens (tertiary/aromatic N) is 1. The molecule has 3 rings (SSSR count). The standard InChI is InChI=1S/C21H20N2O4/c1-3-27-21(25)16-8-15-9-19(26-2)17(11-18(15)23-20(22)10-16)14-6-4-13(12-24)5-7-14/h4-9,11-12H,3,10H2,1-2H3,(H2,22,23). The predicted octanol–water partition coefficient (Wildman–Crippen LogP) is 3.51. The minimum Gasteiger partial charge on any atom is -0.496 e. The van der Waals surface area contributed by atoms with Gasteiger partial charge in [0.25, 0.3) is 0 Å². The molecule has 2 aromatic rings. The second-order valence-electron chi connectivity index (χ2n) is 6.02. The number of carbonyl (C=O) groups excluding carboxylic acids is 2. The molecule has 2 N–H and O–H groups in total. The van der Waals surface area contributed by atoms with Crippen LogP contribution in [-0.4, -0.2) is 31.8 Å². The van der Waals surface area contributed by atoms with E-state index >= 15 is 0 Å². The van der Waals surface area contributed by atoms with E-state index in [4.69, 9.17) is 15.2 Å². The van der Waals surface area contributed by atoms with Crippen LogP contribution in [0.4, 0.5) is 5.69 Å². The second-order valence-corrected chi connectivity index (χ2v) is 6.02. The van der Waals surface area contributed by atoms with Crippen LogP contribution in [0.3, 0.4) is 0 Å². The number of aldehydes is 1. The van der Waals surface area contributed by atoms with E-state index in [0.29, 0.717) is 35.0 Å². The molecule has 0 aliphatic carbocycles. The summed E-state index contributed by atoms with van der Waals surface area (Å²) in [5.74, 6) is 0.555. The molecule has 2 aromatic carbocycles. The van der Waals surface area contributed by atoms with Gasteiger partial charge in [-0.05, 0) is 30.7 Å². The molecule has 0 unspecified atom stereocenters. The van der Waals surface area contributed by atoms with E-state index in [1.54, 1.807) is 32.2 Å².